The van der Waals surface area contributed by atoms with Gasteiger partial charge in [0.1, 0.15) is 72.1 Å². The van der Waals surface area contributed by atoms with Gasteiger partial charge in [-0.2, -0.15) is 0 Å². The first kappa shape index (κ1) is 64.6. The van der Waals surface area contributed by atoms with Gasteiger partial charge in [-0.15, -0.1) is 0 Å². The molecule has 0 radical (unpaired) electrons. The molecular formula is C61H75F3N6O12. The van der Waals surface area contributed by atoms with Crippen LogP contribution in [0, 0.1) is 10.8 Å². The summed E-state index contributed by atoms with van der Waals surface area (Å²) >= 11 is 0. The predicted octanol–water partition coefficient (Wildman–Crippen LogP) is 9.59. The molecule has 18 nitrogen and oxygen atoms in total. The highest BCUT2D eigenvalue weighted by atomic mass is 20.0. The molecule has 0 bridgehead atoms. The number of alkyl carbamates (subject to hydrolysis) is 1. The molecule has 442 valence electrons. The first-order valence-corrected chi connectivity index (χ1v) is 26.5. The number of hydrogen-bond donors (Lipinski definition) is 2. The van der Waals surface area contributed by atoms with E-state index in [0.717, 1.165) is 44.5 Å². The van der Waals surface area contributed by atoms with Crippen molar-refractivity contribution in [3.8, 4) is 33.8 Å². The lowest BCUT2D eigenvalue weighted by Gasteiger charge is -2.35. The Morgan fingerprint density at radius 2 is 1.01 bits per heavy atom. The van der Waals surface area contributed by atoms with Gasteiger partial charge in [0.15, 0.2) is 0 Å². The number of methoxy groups -OCH3 is 2. The molecule has 8 rings (SSSR count). The summed E-state index contributed by atoms with van der Waals surface area (Å²) < 4.78 is 42.9. The van der Waals surface area contributed by atoms with Crippen LogP contribution < -0.4 is 20.5 Å². The lowest BCUT2D eigenvalue weighted by molar-refractivity contribution is -0.152. The minimum Gasteiger partial charge on any atom is -0.490 e. The molecule has 0 aromatic heterocycles. The minimum absolute atomic E-state index is 0. The number of benzene rings is 4. The lowest BCUT2D eigenvalue weighted by atomic mass is 9.85. The van der Waals surface area contributed by atoms with Crippen LogP contribution in [0.4, 0.5) is 18.6 Å². The van der Waals surface area contributed by atoms with Crippen LogP contribution in [0.5, 0.6) is 11.5 Å². The number of carbonyl (C=O) groups is 5. The van der Waals surface area contributed by atoms with Crippen molar-refractivity contribution in [1.29, 1.82) is 0 Å². The van der Waals surface area contributed by atoms with E-state index in [0.29, 0.717) is 36.1 Å². The molecular weight excluding hydrogens is 1070 g/mol. The second kappa shape index (κ2) is 27.5. The molecule has 0 saturated carbocycles. The lowest BCUT2D eigenvalue weighted by Crippen LogP contribution is -2.57. The smallest absolute Gasteiger partial charge is 0.408 e. The third kappa shape index (κ3) is 15.0. The van der Waals surface area contributed by atoms with Crippen molar-refractivity contribution in [3.05, 3.63) is 132 Å². The number of likely N-dealkylation sites (tertiary alicyclic amines) is 2. The van der Waals surface area contributed by atoms with E-state index in [1.165, 1.54) is 24.0 Å². The molecule has 82 heavy (non-hydrogen) atoms. The van der Waals surface area contributed by atoms with Gasteiger partial charge in [0.2, 0.25) is 11.8 Å². The number of nitrogens with two attached hydrogens (primary N) is 1. The van der Waals surface area contributed by atoms with Gasteiger partial charge in [0.25, 0.3) is 0 Å². The fourth-order valence-electron chi connectivity index (χ4n) is 9.73. The number of carbonyl (C=O) groups excluding carboxylic acids is 5. The quantitative estimate of drug-likeness (QED) is 0.0424. The Balaban J connectivity index is 0.000000292. The zero-order valence-corrected chi connectivity index (χ0v) is 48.3. The van der Waals surface area contributed by atoms with Gasteiger partial charge in [-0.05, 0) is 90.3 Å². The average molecular weight is 1140 g/mol. The van der Waals surface area contributed by atoms with Crippen molar-refractivity contribution < 1.29 is 71.2 Å². The number of amides is 3. The Bertz CT molecular complexity index is 3040. The largest absolute Gasteiger partial charge is 0.490 e. The van der Waals surface area contributed by atoms with E-state index in [1.54, 1.807) is 32.9 Å². The van der Waals surface area contributed by atoms with Gasteiger partial charge in [-0.25, -0.2) is 14.4 Å². The van der Waals surface area contributed by atoms with Crippen LogP contribution in [0.2, 0.25) is 0 Å². The summed E-state index contributed by atoms with van der Waals surface area (Å²) in [7, 11) is 2.58. The van der Waals surface area contributed by atoms with Crippen LogP contribution in [0.25, 0.3) is 22.3 Å². The van der Waals surface area contributed by atoms with E-state index in [1.807, 2.05) is 126 Å². The van der Waals surface area contributed by atoms with Crippen LogP contribution in [-0.2, 0) is 43.1 Å². The summed E-state index contributed by atoms with van der Waals surface area (Å²) in [6.45, 7) is 24.8. The van der Waals surface area contributed by atoms with Gasteiger partial charge in [-0.3, -0.25) is 14.3 Å². The van der Waals surface area contributed by atoms with E-state index in [-0.39, 0.29) is 36.5 Å². The van der Waals surface area contributed by atoms with Crippen molar-refractivity contribution in [2.75, 3.05) is 40.5 Å². The second-order valence-corrected chi connectivity index (χ2v) is 22.9. The fourth-order valence-corrected chi connectivity index (χ4v) is 9.73. The Labute approximate surface area is 476 Å². The Hall–Kier alpha value is -8.20. The van der Waals surface area contributed by atoms with E-state index < -0.39 is 76.7 Å². The Morgan fingerprint density at radius 3 is 1.38 bits per heavy atom. The molecule has 2 saturated heterocycles. The number of fused-ring (bicyclic) bond motifs is 6. The minimum atomic E-state index is -0.970. The summed E-state index contributed by atoms with van der Waals surface area (Å²) in [5, 5.41) is 11.8. The highest BCUT2D eigenvalue weighted by Gasteiger charge is 2.48. The van der Waals surface area contributed by atoms with Crippen LogP contribution in [0.1, 0.15) is 97.4 Å². The molecule has 4 aromatic rings. The van der Waals surface area contributed by atoms with E-state index in [4.69, 9.17) is 48.2 Å². The molecule has 2 fully saturated rings. The Morgan fingerprint density at radius 1 is 0.622 bits per heavy atom. The summed E-state index contributed by atoms with van der Waals surface area (Å²) in [5.74, 6) is -0.436. The second-order valence-electron chi connectivity index (χ2n) is 22.9. The predicted molar refractivity (Wildman–Crippen MR) is 305 cm³/mol. The molecule has 0 unspecified atom stereocenters. The average Bonchev–Trinajstić information content (AvgIpc) is 4.31. The molecule has 4 aliphatic rings. The molecule has 0 spiro atoms. The Kier molecular flexibility index (Phi) is 21.7. The third-order valence-electron chi connectivity index (χ3n) is 13.8. The number of rotatable bonds is 15. The molecule has 21 heteroatoms. The topological polar surface area (TPSA) is 219 Å². The third-order valence-corrected chi connectivity index (χ3v) is 13.8. The molecule has 2 aliphatic heterocycles. The van der Waals surface area contributed by atoms with Crippen molar-refractivity contribution in [1.82, 2.24) is 15.1 Å². The van der Waals surface area contributed by atoms with Gasteiger partial charge in [0, 0.05) is 44.2 Å². The van der Waals surface area contributed by atoms with E-state index >= 15 is 0 Å². The van der Waals surface area contributed by atoms with Crippen molar-refractivity contribution in [3.63, 3.8) is 0 Å². The zero-order valence-electron chi connectivity index (χ0n) is 48.3. The maximum absolute atomic E-state index is 13.9. The summed E-state index contributed by atoms with van der Waals surface area (Å²) in [4.78, 5) is 80.0. The van der Waals surface area contributed by atoms with E-state index in [2.05, 4.69) is 28.8 Å². The maximum Gasteiger partial charge on any atom is 0.408 e. The number of oxime groups is 2. The summed E-state index contributed by atoms with van der Waals surface area (Å²) in [6, 6.07) is 24.1. The fraction of sp³-hybridized carbons (Fsp3) is 0.426. The monoisotopic (exact) mass is 1140 g/mol. The summed E-state index contributed by atoms with van der Waals surface area (Å²) in [6.07, 6.45) is 2.00. The van der Waals surface area contributed by atoms with E-state index in [9.17, 15) is 24.0 Å². The number of halogens is 3. The summed E-state index contributed by atoms with van der Waals surface area (Å²) in [5.41, 5.74) is 13.3. The highest BCUT2D eigenvalue weighted by molar-refractivity contribution is 6.25. The van der Waals surface area contributed by atoms with Gasteiger partial charge >= 0.3 is 18.0 Å². The molecule has 2 heterocycles. The standard InChI is InChI=1S/C33H41N3O7.C28H33N3O5.F2.FH/c1-9-16-41-20-14-15-23-22-12-10-11-13-24(22)27(25(23)17-20)35-43-21-18-26(30(38)40-8)36(19-21)29(37)28(32(2,3)4)34-31(39)42-33(5,6)7;1-6-13-35-17-11-12-20-19-9-7-8-10-21(19)24(22(20)14-17)30-36-18-15-23(27(33)34-5)31(16-18)26(32)25(29)28(2,3)4;1-2;/h9-15,17,21,26,28H,1,16,18-19H2,2-8H3,(H,34,39);6-12,14,18,23,25H,1,13,15-16,29H2,2-5H3;;1H/t21-,26+,28-;18-,23+,25-;;/m11../s1. The normalized spacial score (nSPS) is 19.1. The van der Waals surface area contributed by atoms with Crippen LogP contribution >= 0.6 is 0 Å². The van der Waals surface area contributed by atoms with Gasteiger partial charge in [-0.1, -0.05) is 126 Å². The van der Waals surface area contributed by atoms with Crippen molar-refractivity contribution >= 4 is 41.3 Å². The van der Waals surface area contributed by atoms with Crippen LogP contribution in [-0.4, -0.2) is 134 Å². The van der Waals surface area contributed by atoms with Crippen LogP contribution in [0.15, 0.2) is 121 Å². The molecule has 2 aliphatic carbocycles. The van der Waals surface area contributed by atoms with Crippen LogP contribution in [0.3, 0.4) is 0 Å². The first-order valence-electron chi connectivity index (χ1n) is 26.5. The maximum atomic E-state index is 13.9. The number of esters is 2. The number of nitrogens with zero attached hydrogens (tertiary/aromatic N) is 4. The molecule has 4 aromatic carbocycles. The number of nitrogens with one attached hydrogen (secondary N) is 1. The van der Waals surface area contributed by atoms with Gasteiger partial charge in [0.05, 0.1) is 33.4 Å². The number of ether oxygens (including phenoxy) is 5. The molecule has 6 atom stereocenters. The van der Waals surface area contributed by atoms with Gasteiger partial charge < -0.3 is 54.2 Å². The molecule has 3 amide bonds. The van der Waals surface area contributed by atoms with Crippen molar-refractivity contribution in [2.24, 2.45) is 26.9 Å². The highest BCUT2D eigenvalue weighted by Crippen LogP contribution is 2.41. The molecule has 3 N–H and O–H groups in total. The van der Waals surface area contributed by atoms with Crippen molar-refractivity contribution in [2.45, 2.75) is 117 Å². The zero-order chi connectivity index (χ0) is 59.6. The number of hydrogen-bond acceptors (Lipinski definition) is 15. The SMILES string of the molecule is C=CCOc1ccc2c(c1)C(=NO[C@@H]1C[C@@H](C(=O)OC)N(C(=O)[C@@H](N)C(C)(C)C)C1)c1ccccc1-2.C=CCOc1ccc2c(c1)C(=NO[C@@H]1C[C@@H](C(=O)OC)N(C(=O)[C@@H](NC(=O)OC(C)(C)C)C(C)(C)C)C1)c1ccccc1-2.F.FF. The first-order chi connectivity index (χ1) is 38.4.